The van der Waals surface area contributed by atoms with Crippen molar-refractivity contribution in [3.63, 3.8) is 0 Å². The Balaban J connectivity index is 2.45. The van der Waals surface area contributed by atoms with Crippen LogP contribution in [0.15, 0.2) is 12.1 Å². The van der Waals surface area contributed by atoms with Crippen molar-refractivity contribution in [3.05, 3.63) is 39.7 Å². The Morgan fingerprint density at radius 3 is 2.45 bits per heavy atom. The van der Waals surface area contributed by atoms with Crippen LogP contribution in [0.3, 0.4) is 0 Å². The molecule has 0 aliphatic heterocycles. The van der Waals surface area contributed by atoms with E-state index >= 15 is 0 Å². The van der Waals surface area contributed by atoms with Gasteiger partial charge in [-0.15, -0.1) is 0 Å². The number of aromatic nitrogens is 3. The van der Waals surface area contributed by atoms with Crippen LogP contribution in [0, 0.1) is 6.92 Å². The van der Waals surface area contributed by atoms with Crippen molar-refractivity contribution >= 4 is 28.9 Å². The summed E-state index contributed by atoms with van der Waals surface area (Å²) in [7, 11) is 0. The number of nitrogens with zero attached hydrogens (tertiary/aromatic N) is 3. The highest BCUT2D eigenvalue weighted by Gasteiger charge is 2.38. The monoisotopic (exact) mass is 324 g/mol. The number of nitrogens with two attached hydrogens (primary N) is 1. The maximum atomic E-state index is 12.8. The molecule has 0 bridgehead atoms. The van der Waals surface area contributed by atoms with Crippen molar-refractivity contribution in [2.45, 2.75) is 19.6 Å². The molecule has 0 atom stereocenters. The highest BCUT2D eigenvalue weighted by atomic mass is 35.5. The van der Waals surface area contributed by atoms with Crippen LogP contribution in [-0.2, 0) is 12.7 Å². The first-order chi connectivity index (χ1) is 9.20. The number of nitrogen functional groups attached to an aromatic ring is 1. The third kappa shape index (κ3) is 2.83. The minimum Gasteiger partial charge on any atom is -0.397 e. The summed E-state index contributed by atoms with van der Waals surface area (Å²) >= 11 is 11.3. The van der Waals surface area contributed by atoms with Gasteiger partial charge in [-0.3, -0.25) is 4.98 Å². The van der Waals surface area contributed by atoms with E-state index < -0.39 is 17.2 Å². The van der Waals surface area contributed by atoms with Crippen LogP contribution < -0.4 is 5.73 Å². The summed E-state index contributed by atoms with van der Waals surface area (Å²) in [5.41, 5.74) is 6.96. The first-order valence-electron chi connectivity index (χ1n) is 5.41. The first-order valence-corrected chi connectivity index (χ1v) is 6.16. The van der Waals surface area contributed by atoms with E-state index in [-0.39, 0.29) is 11.7 Å². The minimum atomic E-state index is -4.65. The lowest BCUT2D eigenvalue weighted by Crippen LogP contribution is -2.16. The highest BCUT2D eigenvalue weighted by molar-refractivity contribution is 6.40. The Kier molecular flexibility index (Phi) is 3.84. The molecule has 0 saturated carbocycles. The van der Waals surface area contributed by atoms with E-state index in [0.717, 1.165) is 4.57 Å². The quantitative estimate of drug-likeness (QED) is 0.919. The summed E-state index contributed by atoms with van der Waals surface area (Å²) in [6, 6.07) is 3.09. The van der Waals surface area contributed by atoms with E-state index in [4.69, 9.17) is 28.9 Å². The molecule has 20 heavy (non-hydrogen) atoms. The number of alkyl halides is 3. The molecule has 0 aliphatic carbocycles. The van der Waals surface area contributed by atoms with E-state index in [2.05, 4.69) is 9.97 Å². The highest BCUT2D eigenvalue weighted by Crippen LogP contribution is 2.34. The molecule has 0 radical (unpaired) electrons. The number of imidazole rings is 1. The third-order valence-corrected chi connectivity index (χ3v) is 3.37. The zero-order valence-electron chi connectivity index (χ0n) is 10.2. The number of pyridine rings is 1. The summed E-state index contributed by atoms with van der Waals surface area (Å²) in [4.78, 5) is 7.34. The molecular formula is C11H9Cl2F3N4. The van der Waals surface area contributed by atoms with Gasteiger partial charge in [0.2, 0.25) is 5.82 Å². The third-order valence-electron chi connectivity index (χ3n) is 2.62. The molecule has 0 spiro atoms. The molecular weight excluding hydrogens is 316 g/mol. The van der Waals surface area contributed by atoms with Gasteiger partial charge in [0.05, 0.1) is 23.6 Å². The van der Waals surface area contributed by atoms with Crippen molar-refractivity contribution in [2.75, 3.05) is 5.73 Å². The number of halogens is 5. The number of anilines is 1. The number of hydrogen-bond acceptors (Lipinski definition) is 3. The van der Waals surface area contributed by atoms with Gasteiger partial charge in [0.1, 0.15) is 5.15 Å². The molecule has 0 aromatic carbocycles. The lowest BCUT2D eigenvalue weighted by atomic mass is 10.2. The van der Waals surface area contributed by atoms with Gasteiger partial charge in [-0.2, -0.15) is 13.2 Å². The summed E-state index contributed by atoms with van der Waals surface area (Å²) in [5.74, 6) is -1.16. The van der Waals surface area contributed by atoms with Gasteiger partial charge < -0.3 is 10.3 Å². The SMILES string of the molecule is Cc1nc(Cn2c(C(F)(F)F)nc(Cl)c2Cl)ccc1N. The molecule has 0 unspecified atom stereocenters. The van der Waals surface area contributed by atoms with E-state index in [1.54, 1.807) is 13.0 Å². The van der Waals surface area contributed by atoms with Gasteiger partial charge in [-0.1, -0.05) is 23.2 Å². The minimum absolute atomic E-state index is 0.200. The molecule has 2 aromatic rings. The maximum absolute atomic E-state index is 12.8. The Morgan fingerprint density at radius 2 is 1.90 bits per heavy atom. The average molecular weight is 325 g/mol. The van der Waals surface area contributed by atoms with Gasteiger partial charge >= 0.3 is 6.18 Å². The van der Waals surface area contributed by atoms with Crippen molar-refractivity contribution in [1.29, 1.82) is 0 Å². The fraction of sp³-hybridized carbons (Fsp3) is 0.273. The molecule has 9 heteroatoms. The predicted octanol–water partition coefficient (Wildman–Crippen LogP) is 3.54. The molecule has 0 amide bonds. The van der Waals surface area contributed by atoms with E-state index in [1.165, 1.54) is 6.07 Å². The Bertz CT molecular complexity index is 652. The Morgan fingerprint density at radius 1 is 1.25 bits per heavy atom. The molecule has 108 valence electrons. The van der Waals surface area contributed by atoms with Gasteiger partial charge in [0.25, 0.3) is 0 Å². The van der Waals surface area contributed by atoms with Crippen molar-refractivity contribution in [1.82, 2.24) is 14.5 Å². The van der Waals surface area contributed by atoms with Gasteiger partial charge in [0, 0.05) is 0 Å². The standard InChI is InChI=1S/C11H9Cl2F3N4/c1-5-7(17)3-2-6(18-5)4-20-9(13)8(12)19-10(20)11(14,15)16/h2-3H,4,17H2,1H3. The van der Waals surface area contributed by atoms with Crippen LogP contribution in [0.1, 0.15) is 17.2 Å². The average Bonchev–Trinajstić information content (AvgIpc) is 2.62. The largest absolute Gasteiger partial charge is 0.449 e. The summed E-state index contributed by atoms with van der Waals surface area (Å²) in [6.07, 6.45) is -4.65. The Hall–Kier alpha value is -1.47. The zero-order chi connectivity index (χ0) is 15.1. The van der Waals surface area contributed by atoms with Crippen LogP contribution in [-0.4, -0.2) is 14.5 Å². The van der Waals surface area contributed by atoms with Crippen molar-refractivity contribution in [2.24, 2.45) is 0 Å². The van der Waals surface area contributed by atoms with Crippen LogP contribution in [0.25, 0.3) is 0 Å². The molecule has 4 nitrogen and oxygen atoms in total. The molecule has 2 N–H and O–H groups in total. The predicted molar refractivity (Wildman–Crippen MR) is 69.7 cm³/mol. The van der Waals surface area contributed by atoms with Crippen LogP contribution in [0.2, 0.25) is 10.3 Å². The Labute approximate surface area is 122 Å². The summed E-state index contributed by atoms with van der Waals surface area (Å²) in [6.45, 7) is 1.46. The second-order valence-electron chi connectivity index (χ2n) is 4.08. The zero-order valence-corrected chi connectivity index (χ0v) is 11.7. The fourth-order valence-electron chi connectivity index (χ4n) is 1.64. The van der Waals surface area contributed by atoms with Crippen molar-refractivity contribution < 1.29 is 13.2 Å². The van der Waals surface area contributed by atoms with E-state index in [1.807, 2.05) is 0 Å². The smallest absolute Gasteiger partial charge is 0.397 e. The molecule has 0 saturated heterocycles. The lowest BCUT2D eigenvalue weighted by molar-refractivity contribution is -0.147. The topological polar surface area (TPSA) is 56.7 Å². The van der Waals surface area contributed by atoms with E-state index in [0.29, 0.717) is 17.1 Å². The second-order valence-corrected chi connectivity index (χ2v) is 4.79. The number of rotatable bonds is 2. The van der Waals surface area contributed by atoms with Crippen LogP contribution in [0.4, 0.5) is 18.9 Å². The maximum Gasteiger partial charge on any atom is 0.449 e. The summed E-state index contributed by atoms with van der Waals surface area (Å²) in [5, 5.41) is -0.679. The van der Waals surface area contributed by atoms with Crippen LogP contribution in [0.5, 0.6) is 0 Å². The second kappa shape index (κ2) is 5.14. The fourth-order valence-corrected chi connectivity index (χ4v) is 2.00. The molecule has 0 aliphatic rings. The molecule has 2 heterocycles. The molecule has 0 fully saturated rings. The first kappa shape index (κ1) is 14.9. The normalized spacial score (nSPS) is 11.9. The number of aryl methyl sites for hydroxylation is 1. The molecule has 2 aromatic heterocycles. The lowest BCUT2D eigenvalue weighted by Gasteiger charge is -2.11. The number of hydrogen-bond donors (Lipinski definition) is 1. The van der Waals surface area contributed by atoms with Gasteiger partial charge in [0.15, 0.2) is 5.15 Å². The van der Waals surface area contributed by atoms with Crippen molar-refractivity contribution in [3.8, 4) is 0 Å². The van der Waals surface area contributed by atoms with Gasteiger partial charge in [-0.25, -0.2) is 4.98 Å². The van der Waals surface area contributed by atoms with E-state index in [9.17, 15) is 13.2 Å². The molecule has 2 rings (SSSR count). The van der Waals surface area contributed by atoms with Crippen LogP contribution >= 0.6 is 23.2 Å². The van der Waals surface area contributed by atoms with Gasteiger partial charge in [-0.05, 0) is 19.1 Å². The summed E-state index contributed by atoms with van der Waals surface area (Å²) < 4.78 is 39.3.